The minimum Gasteiger partial charge on any atom is -0.371 e. The first-order chi connectivity index (χ1) is 15.7. The summed E-state index contributed by atoms with van der Waals surface area (Å²) < 4.78 is 0. The summed E-state index contributed by atoms with van der Waals surface area (Å²) in [5, 5.41) is 5.81. The Morgan fingerprint density at radius 1 is 1.03 bits per heavy atom. The number of amides is 3. The summed E-state index contributed by atoms with van der Waals surface area (Å²) in [4.78, 5) is 28.2. The quantitative estimate of drug-likeness (QED) is 0.648. The van der Waals surface area contributed by atoms with E-state index in [2.05, 4.69) is 40.3 Å². The second-order valence-corrected chi connectivity index (χ2v) is 9.31. The van der Waals surface area contributed by atoms with E-state index in [-0.39, 0.29) is 18.0 Å². The smallest absolute Gasteiger partial charge is 0.319 e. The van der Waals surface area contributed by atoms with Crippen LogP contribution in [0.5, 0.6) is 0 Å². The zero-order valence-corrected chi connectivity index (χ0v) is 20.4. The molecule has 2 aromatic carbocycles. The van der Waals surface area contributed by atoms with E-state index in [1.807, 2.05) is 45.0 Å². The molecule has 0 saturated carbocycles. The van der Waals surface area contributed by atoms with Gasteiger partial charge in [-0.3, -0.25) is 4.79 Å². The van der Waals surface area contributed by atoms with E-state index in [1.165, 1.54) is 5.56 Å². The van der Waals surface area contributed by atoms with E-state index in [1.54, 1.807) is 19.0 Å². The normalized spacial score (nSPS) is 14.2. The van der Waals surface area contributed by atoms with Crippen LogP contribution < -0.4 is 10.6 Å². The van der Waals surface area contributed by atoms with Crippen molar-refractivity contribution in [1.82, 2.24) is 15.1 Å². The number of piperidine rings is 1. The Kier molecular flexibility index (Phi) is 7.79. The summed E-state index contributed by atoms with van der Waals surface area (Å²) in [5.74, 6) is 0.508. The molecule has 6 heteroatoms. The van der Waals surface area contributed by atoms with Crippen molar-refractivity contribution < 1.29 is 9.59 Å². The number of nitrogens with zero attached hydrogens (tertiary/aromatic N) is 2. The van der Waals surface area contributed by atoms with E-state index < -0.39 is 0 Å². The molecule has 3 amide bonds. The van der Waals surface area contributed by atoms with Crippen LogP contribution in [0.1, 0.15) is 59.7 Å². The van der Waals surface area contributed by atoms with Gasteiger partial charge in [-0.15, -0.1) is 0 Å². The first kappa shape index (κ1) is 24.4. The third-order valence-corrected chi connectivity index (χ3v) is 6.15. The zero-order valence-electron chi connectivity index (χ0n) is 20.4. The van der Waals surface area contributed by atoms with Crippen LogP contribution >= 0.6 is 0 Å². The molecule has 176 valence electrons. The maximum Gasteiger partial charge on any atom is 0.319 e. The predicted molar refractivity (Wildman–Crippen MR) is 136 cm³/mol. The molecular weight excluding hydrogens is 412 g/mol. The van der Waals surface area contributed by atoms with Crippen molar-refractivity contribution in [3.05, 3.63) is 71.3 Å². The number of carbonyl (C=O) groups excluding carboxylic acids is 2. The number of anilines is 1. The van der Waals surface area contributed by atoms with Crippen LogP contribution in [0.4, 0.5) is 10.5 Å². The van der Waals surface area contributed by atoms with Gasteiger partial charge in [-0.2, -0.15) is 0 Å². The van der Waals surface area contributed by atoms with E-state index >= 15 is 0 Å². The SMILES string of the molecule is C=C(c1ccc(C)c(NC(=O)NC(C)C)c1)N1CCC(c2ccc(C(=O)N(C)C)cc2)CC1. The van der Waals surface area contributed by atoms with Crippen LogP contribution in [0.15, 0.2) is 49.0 Å². The Hall–Kier alpha value is -3.28. The van der Waals surface area contributed by atoms with Gasteiger partial charge in [0.05, 0.1) is 0 Å². The highest BCUT2D eigenvalue weighted by molar-refractivity contribution is 5.94. The fourth-order valence-electron chi connectivity index (χ4n) is 4.18. The van der Waals surface area contributed by atoms with Gasteiger partial charge in [0.25, 0.3) is 5.91 Å². The number of aryl methyl sites for hydroxylation is 1. The molecule has 1 aliphatic heterocycles. The number of nitrogens with one attached hydrogen (secondary N) is 2. The molecule has 0 radical (unpaired) electrons. The number of carbonyl (C=O) groups is 2. The second kappa shape index (κ2) is 10.6. The van der Waals surface area contributed by atoms with Crippen LogP contribution in [-0.4, -0.2) is 55.0 Å². The molecule has 0 bridgehead atoms. The largest absolute Gasteiger partial charge is 0.371 e. The lowest BCUT2D eigenvalue weighted by molar-refractivity contribution is 0.0827. The fraction of sp³-hybridized carbons (Fsp3) is 0.407. The summed E-state index contributed by atoms with van der Waals surface area (Å²) in [6.07, 6.45) is 2.07. The van der Waals surface area contributed by atoms with E-state index in [4.69, 9.17) is 0 Å². The minimum atomic E-state index is -0.199. The summed E-state index contributed by atoms with van der Waals surface area (Å²) in [7, 11) is 3.54. The van der Waals surface area contributed by atoms with Gasteiger partial charge >= 0.3 is 6.03 Å². The molecule has 0 aliphatic carbocycles. The maximum absolute atomic E-state index is 12.1. The monoisotopic (exact) mass is 448 g/mol. The number of benzene rings is 2. The molecule has 3 rings (SSSR count). The van der Waals surface area contributed by atoms with Crippen LogP contribution in [0.3, 0.4) is 0 Å². The molecule has 1 aliphatic rings. The summed E-state index contributed by atoms with van der Waals surface area (Å²) in [6.45, 7) is 12.1. The van der Waals surface area contributed by atoms with Gasteiger partial charge < -0.3 is 20.4 Å². The van der Waals surface area contributed by atoms with Crippen LogP contribution in [0.25, 0.3) is 5.70 Å². The molecule has 6 nitrogen and oxygen atoms in total. The van der Waals surface area contributed by atoms with Crippen molar-refractivity contribution in [2.45, 2.75) is 45.6 Å². The number of likely N-dealkylation sites (tertiary alicyclic amines) is 1. The molecule has 0 atom stereocenters. The highest BCUT2D eigenvalue weighted by Gasteiger charge is 2.22. The van der Waals surface area contributed by atoms with E-state index in [9.17, 15) is 9.59 Å². The topological polar surface area (TPSA) is 64.7 Å². The Labute approximate surface area is 197 Å². The van der Waals surface area contributed by atoms with Crippen molar-refractivity contribution in [2.24, 2.45) is 0 Å². The van der Waals surface area contributed by atoms with Gasteiger partial charge in [0.2, 0.25) is 0 Å². The first-order valence-corrected chi connectivity index (χ1v) is 11.6. The summed E-state index contributed by atoms with van der Waals surface area (Å²) >= 11 is 0. The van der Waals surface area contributed by atoms with Gasteiger partial charge in [-0.05, 0) is 74.4 Å². The van der Waals surface area contributed by atoms with Crippen LogP contribution in [-0.2, 0) is 0 Å². The molecule has 0 spiro atoms. The van der Waals surface area contributed by atoms with Gasteiger partial charge in [-0.25, -0.2) is 4.79 Å². The maximum atomic E-state index is 12.1. The number of rotatable bonds is 6. The number of hydrogen-bond donors (Lipinski definition) is 2. The van der Waals surface area contributed by atoms with Crippen molar-refractivity contribution in [3.8, 4) is 0 Å². The third kappa shape index (κ3) is 6.15. The average Bonchev–Trinajstić information content (AvgIpc) is 2.79. The molecule has 2 N–H and O–H groups in total. The zero-order chi connectivity index (χ0) is 24.1. The van der Waals surface area contributed by atoms with Crippen molar-refractivity contribution in [3.63, 3.8) is 0 Å². The average molecular weight is 449 g/mol. The van der Waals surface area contributed by atoms with Gasteiger partial charge in [0.1, 0.15) is 0 Å². The highest BCUT2D eigenvalue weighted by Crippen LogP contribution is 2.32. The van der Waals surface area contributed by atoms with E-state index in [0.29, 0.717) is 5.92 Å². The molecule has 1 saturated heterocycles. The molecule has 2 aromatic rings. The lowest BCUT2D eigenvalue weighted by Crippen LogP contribution is -2.34. The number of hydrogen-bond acceptors (Lipinski definition) is 3. The lowest BCUT2D eigenvalue weighted by atomic mass is 9.88. The Morgan fingerprint density at radius 2 is 1.64 bits per heavy atom. The summed E-state index contributed by atoms with van der Waals surface area (Å²) in [6, 6.07) is 14.0. The molecule has 33 heavy (non-hydrogen) atoms. The van der Waals surface area contributed by atoms with E-state index in [0.717, 1.165) is 54.0 Å². The van der Waals surface area contributed by atoms with Gasteiger partial charge in [0.15, 0.2) is 0 Å². The fourth-order valence-corrected chi connectivity index (χ4v) is 4.18. The molecule has 0 aromatic heterocycles. The minimum absolute atomic E-state index is 0.0290. The highest BCUT2D eigenvalue weighted by atomic mass is 16.2. The van der Waals surface area contributed by atoms with Gasteiger partial charge in [-0.1, -0.05) is 30.8 Å². The Morgan fingerprint density at radius 3 is 2.21 bits per heavy atom. The van der Waals surface area contributed by atoms with Crippen molar-refractivity contribution in [1.29, 1.82) is 0 Å². The lowest BCUT2D eigenvalue weighted by Gasteiger charge is -2.35. The molecule has 1 fully saturated rings. The van der Waals surface area contributed by atoms with Crippen LogP contribution in [0, 0.1) is 6.92 Å². The van der Waals surface area contributed by atoms with Crippen molar-refractivity contribution >= 4 is 23.3 Å². The number of urea groups is 1. The Balaban J connectivity index is 1.62. The third-order valence-electron chi connectivity index (χ3n) is 6.15. The molecule has 1 heterocycles. The van der Waals surface area contributed by atoms with Crippen molar-refractivity contribution in [2.75, 3.05) is 32.5 Å². The first-order valence-electron chi connectivity index (χ1n) is 11.6. The molecule has 0 unspecified atom stereocenters. The standard InChI is InChI=1S/C27H36N4O2/c1-18(2)28-27(33)29-25-17-24(8-7-19(25)3)20(4)31-15-13-22(14-16-31)21-9-11-23(12-10-21)26(32)30(5)6/h7-12,17-18,22H,4,13-16H2,1-3,5-6H3,(H2,28,29,33). The summed E-state index contributed by atoms with van der Waals surface area (Å²) in [5.41, 5.74) is 5.82. The molecular formula is C27H36N4O2. The predicted octanol–water partition coefficient (Wildman–Crippen LogP) is 5.08. The van der Waals surface area contributed by atoms with Gasteiger partial charge in [0, 0.05) is 50.2 Å². The Bertz CT molecular complexity index is 1000. The second-order valence-electron chi connectivity index (χ2n) is 9.31. The van der Waals surface area contributed by atoms with Crippen LogP contribution in [0.2, 0.25) is 0 Å².